The Hall–Kier alpha value is -0.610. The van der Waals surface area contributed by atoms with Crippen LogP contribution in [0.15, 0.2) is 0 Å². The first kappa shape index (κ1) is 15.8. The van der Waals surface area contributed by atoms with Gasteiger partial charge in [-0.25, -0.2) is 0 Å². The van der Waals surface area contributed by atoms with E-state index in [1.54, 1.807) is 0 Å². The lowest BCUT2D eigenvalue weighted by Gasteiger charge is -2.32. The van der Waals surface area contributed by atoms with Gasteiger partial charge < -0.3 is 15.5 Å². The smallest absolute Gasteiger partial charge is 0.222 e. The van der Waals surface area contributed by atoms with Crippen molar-refractivity contribution in [2.75, 3.05) is 33.7 Å². The fraction of sp³-hybridized carbons (Fsp3) is 0.938. The summed E-state index contributed by atoms with van der Waals surface area (Å²) in [6.45, 7) is 3.29. The van der Waals surface area contributed by atoms with Crippen LogP contribution in [0.2, 0.25) is 0 Å². The first-order valence-electron chi connectivity index (χ1n) is 8.22. The van der Waals surface area contributed by atoms with Gasteiger partial charge >= 0.3 is 0 Å². The van der Waals surface area contributed by atoms with E-state index in [2.05, 4.69) is 11.9 Å². The summed E-state index contributed by atoms with van der Waals surface area (Å²) in [6, 6.07) is 0.373. The van der Waals surface area contributed by atoms with Gasteiger partial charge in [-0.15, -0.1) is 0 Å². The normalized spacial score (nSPS) is 29.4. The van der Waals surface area contributed by atoms with E-state index in [0.717, 1.165) is 38.6 Å². The fourth-order valence-corrected chi connectivity index (χ4v) is 3.53. The van der Waals surface area contributed by atoms with Gasteiger partial charge in [-0.05, 0) is 70.5 Å². The highest BCUT2D eigenvalue weighted by molar-refractivity contribution is 5.76. The van der Waals surface area contributed by atoms with Gasteiger partial charge in [0, 0.05) is 26.1 Å². The zero-order valence-corrected chi connectivity index (χ0v) is 13.2. The van der Waals surface area contributed by atoms with Gasteiger partial charge in [-0.2, -0.15) is 0 Å². The number of piperidine rings is 1. The standard InChI is InChI=1S/C16H31N3O/c1-18-9-7-14(8-10-18)12-19(2)16(20)11-13-3-5-15(17)6-4-13/h13-15H,3-12,17H2,1-2H3. The topological polar surface area (TPSA) is 49.6 Å². The Morgan fingerprint density at radius 2 is 1.70 bits per heavy atom. The average molecular weight is 281 g/mol. The molecule has 4 heteroatoms. The highest BCUT2D eigenvalue weighted by Gasteiger charge is 2.24. The second kappa shape index (κ2) is 7.41. The van der Waals surface area contributed by atoms with E-state index in [-0.39, 0.29) is 0 Å². The molecule has 0 unspecified atom stereocenters. The number of hydrogen-bond donors (Lipinski definition) is 1. The fourth-order valence-electron chi connectivity index (χ4n) is 3.53. The van der Waals surface area contributed by atoms with E-state index in [0.29, 0.717) is 23.8 Å². The Balaban J connectivity index is 1.69. The Morgan fingerprint density at radius 1 is 1.10 bits per heavy atom. The van der Waals surface area contributed by atoms with Crippen LogP contribution in [-0.2, 0) is 4.79 Å². The van der Waals surface area contributed by atoms with Crippen LogP contribution in [0, 0.1) is 11.8 Å². The molecule has 0 bridgehead atoms. The number of likely N-dealkylation sites (tertiary alicyclic amines) is 1. The number of amides is 1. The quantitative estimate of drug-likeness (QED) is 0.853. The Kier molecular flexibility index (Phi) is 5.85. The molecule has 0 aromatic rings. The molecule has 2 fully saturated rings. The zero-order chi connectivity index (χ0) is 14.5. The molecular weight excluding hydrogens is 250 g/mol. The molecule has 1 aliphatic carbocycles. The summed E-state index contributed by atoms with van der Waals surface area (Å²) in [5.74, 6) is 1.60. The minimum Gasteiger partial charge on any atom is -0.345 e. The third-order valence-corrected chi connectivity index (χ3v) is 5.15. The SMILES string of the molecule is CN1CCC(CN(C)C(=O)CC2CCC(N)CC2)CC1. The molecule has 2 rings (SSSR count). The van der Waals surface area contributed by atoms with E-state index in [1.165, 1.54) is 25.9 Å². The van der Waals surface area contributed by atoms with Crippen LogP contribution in [0.4, 0.5) is 0 Å². The van der Waals surface area contributed by atoms with Crippen LogP contribution in [0.1, 0.15) is 44.9 Å². The highest BCUT2D eigenvalue weighted by Crippen LogP contribution is 2.26. The van der Waals surface area contributed by atoms with Crippen molar-refractivity contribution in [2.24, 2.45) is 17.6 Å². The third-order valence-electron chi connectivity index (χ3n) is 5.15. The van der Waals surface area contributed by atoms with Crippen LogP contribution in [-0.4, -0.2) is 55.5 Å². The molecule has 1 saturated carbocycles. The van der Waals surface area contributed by atoms with Gasteiger partial charge in [0.1, 0.15) is 0 Å². The van der Waals surface area contributed by atoms with Crippen LogP contribution < -0.4 is 5.73 Å². The van der Waals surface area contributed by atoms with Crippen molar-refractivity contribution in [1.29, 1.82) is 0 Å². The van der Waals surface area contributed by atoms with Crippen molar-refractivity contribution in [3.05, 3.63) is 0 Å². The third kappa shape index (κ3) is 4.74. The largest absolute Gasteiger partial charge is 0.345 e. The lowest BCUT2D eigenvalue weighted by Crippen LogP contribution is -2.38. The number of rotatable bonds is 4. The van der Waals surface area contributed by atoms with Crippen molar-refractivity contribution in [1.82, 2.24) is 9.80 Å². The van der Waals surface area contributed by atoms with Gasteiger partial charge in [-0.1, -0.05) is 0 Å². The lowest BCUT2D eigenvalue weighted by atomic mass is 9.84. The van der Waals surface area contributed by atoms with Crippen molar-refractivity contribution in [3.8, 4) is 0 Å². The number of nitrogens with zero attached hydrogens (tertiary/aromatic N) is 2. The molecule has 0 spiro atoms. The van der Waals surface area contributed by atoms with Crippen LogP contribution in [0.25, 0.3) is 0 Å². The molecule has 1 heterocycles. The summed E-state index contributed by atoms with van der Waals surface area (Å²) in [6.07, 6.45) is 7.64. The monoisotopic (exact) mass is 281 g/mol. The lowest BCUT2D eigenvalue weighted by molar-refractivity contribution is -0.131. The molecule has 0 atom stereocenters. The maximum Gasteiger partial charge on any atom is 0.222 e. The molecule has 2 N–H and O–H groups in total. The van der Waals surface area contributed by atoms with E-state index >= 15 is 0 Å². The van der Waals surface area contributed by atoms with Crippen molar-refractivity contribution >= 4 is 5.91 Å². The van der Waals surface area contributed by atoms with Gasteiger partial charge in [0.2, 0.25) is 5.91 Å². The predicted octanol–water partition coefficient (Wildman–Crippen LogP) is 1.69. The first-order valence-corrected chi connectivity index (χ1v) is 8.22. The molecule has 0 aromatic heterocycles. The zero-order valence-electron chi connectivity index (χ0n) is 13.2. The van der Waals surface area contributed by atoms with Crippen molar-refractivity contribution in [2.45, 2.75) is 51.0 Å². The maximum atomic E-state index is 12.3. The van der Waals surface area contributed by atoms with Gasteiger partial charge in [0.05, 0.1) is 0 Å². The van der Waals surface area contributed by atoms with Crippen molar-refractivity contribution in [3.63, 3.8) is 0 Å². The summed E-state index contributed by atoms with van der Waals surface area (Å²) in [5.41, 5.74) is 5.92. The van der Waals surface area contributed by atoms with Crippen LogP contribution in [0.5, 0.6) is 0 Å². The summed E-state index contributed by atoms with van der Waals surface area (Å²) < 4.78 is 0. The maximum absolute atomic E-state index is 12.3. The Bertz CT molecular complexity index is 305. The summed E-state index contributed by atoms with van der Waals surface area (Å²) in [5, 5.41) is 0. The molecule has 0 radical (unpaired) electrons. The molecule has 20 heavy (non-hydrogen) atoms. The van der Waals surface area contributed by atoms with E-state index in [1.807, 2.05) is 11.9 Å². The highest BCUT2D eigenvalue weighted by atomic mass is 16.2. The average Bonchev–Trinajstić information content (AvgIpc) is 2.44. The van der Waals surface area contributed by atoms with Crippen LogP contribution in [0.3, 0.4) is 0 Å². The molecule has 1 amide bonds. The number of carbonyl (C=O) groups is 1. The van der Waals surface area contributed by atoms with Gasteiger partial charge in [0.15, 0.2) is 0 Å². The second-order valence-electron chi connectivity index (χ2n) is 7.01. The summed E-state index contributed by atoms with van der Waals surface area (Å²) >= 11 is 0. The first-order chi connectivity index (χ1) is 9.54. The Morgan fingerprint density at radius 3 is 2.30 bits per heavy atom. The molecule has 2 aliphatic rings. The molecule has 4 nitrogen and oxygen atoms in total. The number of nitrogens with two attached hydrogens (primary N) is 1. The summed E-state index contributed by atoms with van der Waals surface area (Å²) in [4.78, 5) is 16.7. The van der Waals surface area contributed by atoms with Crippen molar-refractivity contribution < 1.29 is 4.79 Å². The van der Waals surface area contributed by atoms with Gasteiger partial charge in [0.25, 0.3) is 0 Å². The predicted molar refractivity (Wildman–Crippen MR) is 82.4 cm³/mol. The minimum atomic E-state index is 0.337. The van der Waals surface area contributed by atoms with E-state index < -0.39 is 0 Å². The molecular formula is C16H31N3O. The molecule has 0 aromatic carbocycles. The Labute approximate surface area is 123 Å². The van der Waals surface area contributed by atoms with E-state index in [9.17, 15) is 4.79 Å². The molecule has 1 aliphatic heterocycles. The molecule has 116 valence electrons. The summed E-state index contributed by atoms with van der Waals surface area (Å²) in [7, 11) is 4.16. The van der Waals surface area contributed by atoms with Gasteiger partial charge in [-0.3, -0.25) is 4.79 Å². The minimum absolute atomic E-state index is 0.337. The number of carbonyl (C=O) groups excluding carboxylic acids is 1. The second-order valence-corrected chi connectivity index (χ2v) is 7.01. The number of hydrogen-bond acceptors (Lipinski definition) is 3. The van der Waals surface area contributed by atoms with E-state index in [4.69, 9.17) is 5.73 Å². The van der Waals surface area contributed by atoms with Crippen LogP contribution >= 0.6 is 0 Å². The molecule has 1 saturated heterocycles.